The third-order valence-corrected chi connectivity index (χ3v) is 6.41. The van der Waals surface area contributed by atoms with Gasteiger partial charge >= 0.3 is 0 Å². The lowest BCUT2D eigenvalue weighted by molar-refractivity contribution is 0.142. The van der Waals surface area contributed by atoms with Crippen molar-refractivity contribution in [1.29, 1.82) is 5.41 Å². The molecule has 3 aromatic rings. The molecule has 0 saturated carbocycles. The summed E-state index contributed by atoms with van der Waals surface area (Å²) in [6, 6.07) is 3.63. The molecule has 2 aromatic heterocycles. The van der Waals surface area contributed by atoms with E-state index in [0.29, 0.717) is 35.2 Å². The molecular formula is C24H28ClN7O2. The van der Waals surface area contributed by atoms with E-state index in [0.717, 1.165) is 27.9 Å². The van der Waals surface area contributed by atoms with Gasteiger partial charge in [-0.2, -0.15) is 0 Å². The summed E-state index contributed by atoms with van der Waals surface area (Å²) in [5.74, 6) is 1.37. The molecule has 5 N–H and O–H groups in total. The fourth-order valence-electron chi connectivity index (χ4n) is 4.20. The number of nitrogens with two attached hydrogens (primary N) is 1. The third kappa shape index (κ3) is 4.36. The molecule has 0 spiro atoms. The maximum Gasteiger partial charge on any atom is 0.141 e. The predicted octanol–water partition coefficient (Wildman–Crippen LogP) is 3.83. The van der Waals surface area contributed by atoms with Gasteiger partial charge in [0.15, 0.2) is 0 Å². The molecule has 0 bridgehead atoms. The molecular weight excluding hydrogens is 454 g/mol. The monoisotopic (exact) mass is 481 g/mol. The normalized spacial score (nSPS) is 14.5. The predicted molar refractivity (Wildman–Crippen MR) is 135 cm³/mol. The Morgan fingerprint density at radius 2 is 2.06 bits per heavy atom. The van der Waals surface area contributed by atoms with Crippen molar-refractivity contribution < 1.29 is 9.84 Å². The van der Waals surface area contributed by atoms with Crippen molar-refractivity contribution in [2.24, 2.45) is 0 Å². The number of methoxy groups -OCH3 is 1. The molecule has 178 valence electrons. The average molecular weight is 482 g/mol. The number of aliphatic hydroxyl groups excluding tert-OH is 1. The van der Waals surface area contributed by atoms with Crippen molar-refractivity contribution in [1.82, 2.24) is 15.0 Å². The van der Waals surface area contributed by atoms with Gasteiger partial charge < -0.3 is 31.2 Å². The van der Waals surface area contributed by atoms with Gasteiger partial charge in [-0.05, 0) is 38.5 Å². The minimum absolute atomic E-state index is 0.241. The van der Waals surface area contributed by atoms with Gasteiger partial charge in [-0.3, -0.25) is 4.98 Å². The van der Waals surface area contributed by atoms with E-state index in [4.69, 9.17) is 27.5 Å². The zero-order chi connectivity index (χ0) is 24.6. The zero-order valence-corrected chi connectivity index (χ0v) is 20.3. The van der Waals surface area contributed by atoms with E-state index in [2.05, 4.69) is 25.2 Å². The number of anilines is 3. The number of hydrogen-bond donors (Lipinski definition) is 4. The average Bonchev–Trinajstić information content (AvgIpc) is 2.78. The van der Waals surface area contributed by atoms with Crippen LogP contribution in [-0.2, 0) is 0 Å². The van der Waals surface area contributed by atoms with Gasteiger partial charge in [-0.15, -0.1) is 0 Å². The highest BCUT2D eigenvalue weighted by atomic mass is 35.5. The number of nitrogens with zero attached hydrogens (tertiary/aromatic N) is 4. The van der Waals surface area contributed by atoms with Gasteiger partial charge in [0, 0.05) is 46.7 Å². The van der Waals surface area contributed by atoms with Crippen LogP contribution in [0.4, 0.5) is 17.3 Å². The molecule has 4 rings (SSSR count). The molecule has 1 fully saturated rings. The van der Waals surface area contributed by atoms with E-state index in [9.17, 15) is 5.11 Å². The molecule has 1 atom stereocenters. The van der Waals surface area contributed by atoms with E-state index in [-0.39, 0.29) is 23.7 Å². The number of aromatic nitrogens is 3. The summed E-state index contributed by atoms with van der Waals surface area (Å²) < 4.78 is 5.90. The van der Waals surface area contributed by atoms with Crippen molar-refractivity contribution in [3.8, 4) is 16.9 Å². The van der Waals surface area contributed by atoms with Crippen LogP contribution in [0.2, 0.25) is 5.02 Å². The molecule has 34 heavy (non-hydrogen) atoms. The summed E-state index contributed by atoms with van der Waals surface area (Å²) >= 11 is 6.68. The zero-order valence-electron chi connectivity index (χ0n) is 19.6. The number of β-amino-alcohol motifs (C(OH)–C–C–N with tert-alkyl or cyclic N) is 1. The minimum Gasteiger partial charge on any atom is -0.496 e. The number of aliphatic hydroxyl groups is 1. The van der Waals surface area contributed by atoms with Crippen molar-refractivity contribution in [2.75, 3.05) is 36.1 Å². The summed E-state index contributed by atoms with van der Waals surface area (Å²) in [6.07, 6.45) is 4.62. The summed E-state index contributed by atoms with van der Waals surface area (Å²) in [4.78, 5) is 14.8. The lowest BCUT2D eigenvalue weighted by Gasteiger charge is -2.37. The van der Waals surface area contributed by atoms with Gasteiger partial charge in [0.25, 0.3) is 0 Å². The van der Waals surface area contributed by atoms with Gasteiger partial charge in [0.1, 0.15) is 23.7 Å². The van der Waals surface area contributed by atoms with Gasteiger partial charge in [0.2, 0.25) is 0 Å². The molecule has 1 aliphatic heterocycles. The number of pyridine rings is 1. The Kier molecular flexibility index (Phi) is 6.58. The Labute approximate surface area is 203 Å². The summed E-state index contributed by atoms with van der Waals surface area (Å²) in [6.45, 7) is 6.72. The highest BCUT2D eigenvalue weighted by molar-refractivity contribution is 6.32. The number of nitrogens with one attached hydrogen (secondary N) is 2. The van der Waals surface area contributed by atoms with Crippen LogP contribution >= 0.6 is 11.6 Å². The molecule has 1 aliphatic rings. The minimum atomic E-state index is -0.310. The number of hydrogen-bond acceptors (Lipinski definition) is 9. The SMILES string of the molecule is COc1c(C(C)Nc2ncnc(N)c2C(C)=N)cc(Cl)c(C)c1-c1cncc(N2CC(O)C2)c1. The summed E-state index contributed by atoms with van der Waals surface area (Å²) in [5.41, 5.74) is 11.1. The second-order valence-corrected chi connectivity index (χ2v) is 8.85. The first kappa shape index (κ1) is 23.7. The lowest BCUT2D eigenvalue weighted by atomic mass is 9.94. The molecule has 0 aliphatic carbocycles. The smallest absolute Gasteiger partial charge is 0.141 e. The second kappa shape index (κ2) is 9.44. The van der Waals surface area contributed by atoms with Crippen molar-refractivity contribution >= 4 is 34.6 Å². The number of benzene rings is 1. The highest BCUT2D eigenvalue weighted by Gasteiger charge is 2.26. The Bertz CT molecular complexity index is 1240. The first-order chi connectivity index (χ1) is 16.2. The van der Waals surface area contributed by atoms with Gasteiger partial charge in [-0.25, -0.2) is 9.97 Å². The first-order valence-corrected chi connectivity index (χ1v) is 11.3. The molecule has 1 unspecified atom stereocenters. The number of halogens is 1. The molecule has 1 saturated heterocycles. The Morgan fingerprint density at radius 1 is 1.32 bits per heavy atom. The molecule has 9 nitrogen and oxygen atoms in total. The summed E-state index contributed by atoms with van der Waals surface area (Å²) in [5, 5.41) is 21.7. The quantitative estimate of drug-likeness (QED) is 0.374. The topological polar surface area (TPSA) is 133 Å². The van der Waals surface area contributed by atoms with E-state index in [1.54, 1.807) is 26.4 Å². The van der Waals surface area contributed by atoms with E-state index in [1.807, 2.05) is 26.0 Å². The fourth-order valence-corrected chi connectivity index (χ4v) is 4.41. The van der Waals surface area contributed by atoms with Gasteiger partial charge in [0.05, 0.1) is 36.7 Å². The van der Waals surface area contributed by atoms with Crippen LogP contribution in [0.5, 0.6) is 5.75 Å². The number of nitrogen functional groups attached to an aromatic ring is 1. The number of rotatable bonds is 7. The van der Waals surface area contributed by atoms with E-state index < -0.39 is 0 Å². The lowest BCUT2D eigenvalue weighted by Crippen LogP contribution is -2.50. The second-order valence-electron chi connectivity index (χ2n) is 8.45. The molecule has 1 aromatic carbocycles. The van der Waals surface area contributed by atoms with E-state index >= 15 is 0 Å². The van der Waals surface area contributed by atoms with E-state index in [1.165, 1.54) is 6.33 Å². The maximum absolute atomic E-state index is 9.68. The highest BCUT2D eigenvalue weighted by Crippen LogP contribution is 2.43. The maximum atomic E-state index is 9.68. The van der Waals surface area contributed by atoms with Crippen molar-refractivity contribution in [3.63, 3.8) is 0 Å². The van der Waals surface area contributed by atoms with Gasteiger partial charge in [-0.1, -0.05) is 11.6 Å². The molecule has 3 heterocycles. The van der Waals surface area contributed by atoms with Crippen LogP contribution in [0.3, 0.4) is 0 Å². The van der Waals surface area contributed by atoms with Crippen LogP contribution in [0.25, 0.3) is 11.1 Å². The van der Waals surface area contributed by atoms with Crippen molar-refractivity contribution in [2.45, 2.75) is 32.9 Å². The Hall–Kier alpha value is -3.43. The van der Waals surface area contributed by atoms with Crippen LogP contribution in [0, 0.1) is 12.3 Å². The first-order valence-electron chi connectivity index (χ1n) is 10.9. The van der Waals surface area contributed by atoms with Crippen LogP contribution in [0.15, 0.2) is 30.9 Å². The Balaban J connectivity index is 1.77. The Morgan fingerprint density at radius 3 is 2.71 bits per heavy atom. The molecule has 0 amide bonds. The van der Waals surface area contributed by atoms with Crippen molar-refractivity contribution in [3.05, 3.63) is 52.6 Å². The van der Waals surface area contributed by atoms with Crippen LogP contribution in [-0.4, -0.2) is 52.1 Å². The van der Waals surface area contributed by atoms with Crippen LogP contribution < -0.4 is 20.7 Å². The standard InChI is InChI=1S/C24H28ClN7O2/c1-12-19(25)6-18(14(3)31-24-21(13(2)26)23(27)29-11-30-24)22(34-4)20(12)15-5-16(8-28-7-15)32-9-17(33)10-32/h5-8,11,14,17,26,33H,9-10H2,1-4H3,(H3,27,29,30,31). The molecule has 0 radical (unpaired) electrons. The number of ether oxygens (including phenoxy) is 1. The third-order valence-electron chi connectivity index (χ3n) is 6.02. The molecule has 10 heteroatoms. The fraction of sp³-hybridized carbons (Fsp3) is 0.333. The van der Waals surface area contributed by atoms with Crippen LogP contribution in [0.1, 0.15) is 36.6 Å². The summed E-state index contributed by atoms with van der Waals surface area (Å²) in [7, 11) is 1.63. The largest absolute Gasteiger partial charge is 0.496 e.